The average molecular weight is 325 g/mol. The summed E-state index contributed by atoms with van der Waals surface area (Å²) in [6, 6.07) is 0. The summed E-state index contributed by atoms with van der Waals surface area (Å²) in [6.07, 6.45) is 0. The summed E-state index contributed by atoms with van der Waals surface area (Å²) in [6.45, 7) is 0. The van der Waals surface area contributed by atoms with Crippen LogP contribution in [0.1, 0.15) is 0 Å². The molecule has 1 nitrogen and oxygen atoms in total. The van der Waals surface area contributed by atoms with E-state index >= 15 is 0 Å². The van der Waals surface area contributed by atoms with Crippen LogP contribution in [0.15, 0.2) is 0 Å². The first-order valence-electron chi connectivity index (χ1n) is 1.76. The summed E-state index contributed by atoms with van der Waals surface area (Å²) in [4.78, 5) is 1.96. The Morgan fingerprint density at radius 1 is 1.71 bits per heavy atom. The fourth-order valence-electron chi connectivity index (χ4n) is 0.105. The van der Waals surface area contributed by atoms with Gasteiger partial charge in [-0.25, -0.2) is 0 Å². The molecule has 0 saturated heterocycles. The first-order chi connectivity index (χ1) is 3.18. The van der Waals surface area contributed by atoms with E-state index in [1.165, 1.54) is 0 Å². The van der Waals surface area contributed by atoms with E-state index in [0.717, 1.165) is 28.6 Å². The first kappa shape index (κ1) is 8.16. The van der Waals surface area contributed by atoms with E-state index < -0.39 is 0 Å². The molecule has 0 heterocycles. The van der Waals surface area contributed by atoms with Crippen molar-refractivity contribution in [3.05, 3.63) is 0 Å². The Morgan fingerprint density at radius 2 is 2.14 bits per heavy atom. The summed E-state index contributed by atoms with van der Waals surface area (Å²) in [7, 11) is 5.70. The van der Waals surface area contributed by atoms with Crippen molar-refractivity contribution >= 4 is 49.1 Å². The monoisotopic (exact) mass is 325 g/mol. The minimum atomic E-state index is 0.930. The Labute approximate surface area is 67.7 Å². The van der Waals surface area contributed by atoms with Crippen molar-refractivity contribution in [1.82, 2.24) is 4.90 Å². The number of thiocarbonyl (C=S) groups is 1. The van der Waals surface area contributed by atoms with Crippen molar-refractivity contribution in [2.75, 3.05) is 14.1 Å². The second-order valence-corrected chi connectivity index (χ2v) is 5.29. The van der Waals surface area contributed by atoms with Gasteiger partial charge in [0.2, 0.25) is 0 Å². The predicted molar refractivity (Wildman–Crippen MR) is 39.6 cm³/mol. The number of hydrogen-bond donors (Lipinski definition) is 0. The second kappa shape index (κ2) is 4.08. The molecule has 0 saturated carbocycles. The SMILES string of the molecule is CN(C)C(=S)[S][Tl]. The van der Waals surface area contributed by atoms with E-state index in [-0.39, 0.29) is 0 Å². The molecule has 38 valence electrons. The van der Waals surface area contributed by atoms with Gasteiger partial charge in [-0.2, -0.15) is 0 Å². The predicted octanol–water partition coefficient (Wildman–Crippen LogP) is 0.650. The van der Waals surface area contributed by atoms with E-state index in [0.29, 0.717) is 0 Å². The maximum absolute atomic E-state index is 4.91. The Morgan fingerprint density at radius 3 is 2.14 bits per heavy atom. The second-order valence-electron chi connectivity index (χ2n) is 1.28. The molecule has 0 radical (unpaired) electrons. The van der Waals surface area contributed by atoms with Crippen LogP contribution in [-0.4, -0.2) is 47.6 Å². The van der Waals surface area contributed by atoms with Crippen molar-refractivity contribution in [1.29, 1.82) is 0 Å². The fourth-order valence-corrected chi connectivity index (χ4v) is 2.77. The summed E-state index contributed by atoms with van der Waals surface area (Å²) < 4.78 is 1.00. The van der Waals surface area contributed by atoms with Crippen molar-refractivity contribution in [3.63, 3.8) is 0 Å². The third kappa shape index (κ3) is 3.72. The zero-order chi connectivity index (χ0) is 5.86. The molecular formula is C3H6NS2Tl. The fraction of sp³-hybridized carbons (Fsp3) is 0.667. The third-order valence-electron chi connectivity index (χ3n) is 0.466. The third-order valence-corrected chi connectivity index (χ3v) is 6.28. The maximum atomic E-state index is 4.91. The van der Waals surface area contributed by atoms with Gasteiger partial charge in [-0.05, 0) is 0 Å². The molecule has 0 amide bonds. The van der Waals surface area contributed by atoms with Gasteiger partial charge in [0.1, 0.15) is 0 Å². The molecule has 0 rings (SSSR count). The van der Waals surface area contributed by atoms with Gasteiger partial charge in [0.05, 0.1) is 0 Å². The number of hydrogen-bond acceptors (Lipinski definition) is 2. The Balaban J connectivity index is 3.35. The quantitative estimate of drug-likeness (QED) is 0.476. The van der Waals surface area contributed by atoms with Crippen molar-refractivity contribution in [2.45, 2.75) is 0 Å². The van der Waals surface area contributed by atoms with Crippen molar-refractivity contribution in [3.8, 4) is 0 Å². The molecule has 0 aliphatic heterocycles. The minimum absolute atomic E-state index is 0.930. The van der Waals surface area contributed by atoms with Gasteiger partial charge in [-0.3, -0.25) is 0 Å². The van der Waals surface area contributed by atoms with Crippen LogP contribution in [0.5, 0.6) is 0 Å². The van der Waals surface area contributed by atoms with Crippen LogP contribution < -0.4 is 0 Å². The molecule has 0 aromatic rings. The molecule has 0 aliphatic rings. The summed E-state index contributed by atoms with van der Waals surface area (Å²) in [5, 5.41) is 0. The molecule has 7 heavy (non-hydrogen) atoms. The Kier molecular flexibility index (Phi) is 4.76. The van der Waals surface area contributed by atoms with E-state index in [1.54, 1.807) is 8.31 Å². The van der Waals surface area contributed by atoms with Crippen molar-refractivity contribution < 1.29 is 0 Å². The Bertz CT molecular complexity index is 73.3. The normalized spacial score (nSPS) is 8.14. The van der Waals surface area contributed by atoms with Gasteiger partial charge in [0.15, 0.2) is 0 Å². The summed E-state index contributed by atoms with van der Waals surface area (Å²) in [5.74, 6) is 0. The van der Waals surface area contributed by atoms with E-state index in [2.05, 4.69) is 0 Å². The zero-order valence-electron chi connectivity index (χ0n) is 4.34. The van der Waals surface area contributed by atoms with Crippen LogP contribution >= 0.6 is 20.5 Å². The molecule has 0 aromatic carbocycles. The molecule has 4 heteroatoms. The zero-order valence-corrected chi connectivity index (χ0v) is 10.5. The van der Waals surface area contributed by atoms with Gasteiger partial charge < -0.3 is 0 Å². The van der Waals surface area contributed by atoms with Crippen LogP contribution in [-0.2, 0) is 0 Å². The van der Waals surface area contributed by atoms with Gasteiger partial charge in [-0.15, -0.1) is 0 Å². The first-order valence-corrected chi connectivity index (χ1v) is 8.55. The van der Waals surface area contributed by atoms with Gasteiger partial charge >= 0.3 is 68.1 Å². The molecule has 0 aliphatic carbocycles. The van der Waals surface area contributed by atoms with Crippen LogP contribution in [0, 0.1) is 0 Å². The molecule has 0 bridgehead atoms. The Hall–Kier alpha value is 1.16. The van der Waals surface area contributed by atoms with Crippen LogP contribution in [0.2, 0.25) is 0 Å². The topological polar surface area (TPSA) is 3.24 Å². The summed E-state index contributed by atoms with van der Waals surface area (Å²) >= 11 is 5.84. The van der Waals surface area contributed by atoms with E-state index in [1.807, 2.05) is 19.0 Å². The molecule has 0 spiro atoms. The van der Waals surface area contributed by atoms with Gasteiger partial charge in [-0.1, -0.05) is 0 Å². The van der Waals surface area contributed by atoms with E-state index in [4.69, 9.17) is 12.2 Å². The molecule has 0 atom stereocenters. The van der Waals surface area contributed by atoms with Crippen LogP contribution in [0.4, 0.5) is 0 Å². The van der Waals surface area contributed by atoms with Gasteiger partial charge in [0, 0.05) is 0 Å². The summed E-state index contributed by atoms with van der Waals surface area (Å²) in [5.41, 5.74) is 0. The molecule has 0 fully saturated rings. The molecular weight excluding hydrogens is 319 g/mol. The average Bonchev–Trinajstić information content (AvgIpc) is 1.65. The van der Waals surface area contributed by atoms with Crippen LogP contribution in [0.25, 0.3) is 0 Å². The van der Waals surface area contributed by atoms with Gasteiger partial charge in [0.25, 0.3) is 0 Å². The number of rotatable bonds is 0. The molecule has 0 N–H and O–H groups in total. The van der Waals surface area contributed by atoms with Crippen molar-refractivity contribution in [2.24, 2.45) is 0 Å². The molecule has 0 unspecified atom stereocenters. The van der Waals surface area contributed by atoms with E-state index in [9.17, 15) is 0 Å². The molecule has 0 aromatic heterocycles. The standard InChI is InChI=1S/C3H7NS2.Tl/c1-4(2)3(5)6;/h1-2H3,(H,5,6);/q;+1/p-1. The van der Waals surface area contributed by atoms with Crippen LogP contribution in [0.3, 0.4) is 0 Å². The number of nitrogens with zero attached hydrogens (tertiary/aromatic N) is 1.